The van der Waals surface area contributed by atoms with Crippen molar-refractivity contribution >= 4 is 16.6 Å². The summed E-state index contributed by atoms with van der Waals surface area (Å²) in [4.78, 5) is 3.14. The highest BCUT2D eigenvalue weighted by atomic mass is 19.1. The molecule has 4 aromatic rings. The van der Waals surface area contributed by atoms with E-state index in [0.29, 0.717) is 39.5 Å². The number of nitrogens with zero attached hydrogens (tertiary/aromatic N) is 3. The molecule has 2 aromatic carbocycles. The van der Waals surface area contributed by atoms with Gasteiger partial charge >= 0.3 is 0 Å². The average molecular weight is 409 g/mol. The Kier molecular flexibility index (Phi) is 3.75. The van der Waals surface area contributed by atoms with Gasteiger partial charge in [-0.05, 0) is 45.4 Å². The zero-order chi connectivity index (χ0) is 21.4. The molecule has 30 heavy (non-hydrogen) atoms. The highest BCUT2D eigenvalue weighted by molar-refractivity contribution is 5.99. The number of anilines is 1. The highest BCUT2D eigenvalue weighted by Crippen LogP contribution is 2.48. The van der Waals surface area contributed by atoms with Crippen LogP contribution >= 0.6 is 0 Å². The van der Waals surface area contributed by atoms with E-state index in [-0.39, 0.29) is 11.3 Å². The number of benzene rings is 2. The summed E-state index contributed by atoms with van der Waals surface area (Å²) in [5.41, 5.74) is 2.71. The molecule has 0 atom stereocenters. The van der Waals surface area contributed by atoms with Gasteiger partial charge in [0.05, 0.1) is 29.4 Å². The molecule has 1 aliphatic heterocycles. The number of rotatable bonds is 2. The number of aryl methyl sites for hydroxylation is 2. The van der Waals surface area contributed by atoms with Crippen LogP contribution in [0.3, 0.4) is 0 Å². The van der Waals surface area contributed by atoms with E-state index >= 15 is 4.39 Å². The first-order chi connectivity index (χ1) is 14.2. The molecular weight excluding hydrogens is 388 g/mol. The minimum atomic E-state index is -0.560. The Morgan fingerprint density at radius 2 is 1.87 bits per heavy atom. The van der Waals surface area contributed by atoms with Gasteiger partial charge in [0, 0.05) is 23.2 Å². The molecule has 6 nitrogen and oxygen atoms in total. The van der Waals surface area contributed by atoms with Crippen molar-refractivity contribution in [1.82, 2.24) is 19.7 Å². The second-order valence-corrected chi connectivity index (χ2v) is 8.17. The van der Waals surface area contributed by atoms with Crippen LogP contribution in [0.2, 0.25) is 0 Å². The van der Waals surface area contributed by atoms with Crippen molar-refractivity contribution < 1.29 is 13.5 Å². The van der Waals surface area contributed by atoms with Crippen LogP contribution in [0.15, 0.2) is 24.4 Å². The van der Waals surface area contributed by atoms with Crippen molar-refractivity contribution in [2.75, 3.05) is 12.4 Å². The second-order valence-electron chi connectivity index (χ2n) is 8.17. The summed E-state index contributed by atoms with van der Waals surface area (Å²) >= 11 is 0. The van der Waals surface area contributed by atoms with E-state index in [1.165, 1.54) is 25.3 Å². The van der Waals surface area contributed by atoms with Gasteiger partial charge in [-0.15, -0.1) is 10.2 Å². The van der Waals surface area contributed by atoms with Crippen LogP contribution in [-0.4, -0.2) is 26.9 Å². The van der Waals surface area contributed by atoms with Gasteiger partial charge in [0.15, 0.2) is 11.6 Å². The van der Waals surface area contributed by atoms with Crippen LogP contribution in [0.1, 0.15) is 31.1 Å². The first-order valence-electron chi connectivity index (χ1n) is 9.62. The van der Waals surface area contributed by atoms with Crippen LogP contribution in [0.25, 0.3) is 27.7 Å². The minimum Gasteiger partial charge on any atom is -0.494 e. The highest BCUT2D eigenvalue weighted by Gasteiger charge is 2.37. The summed E-state index contributed by atoms with van der Waals surface area (Å²) in [6.07, 6.45) is 1.78. The molecule has 0 spiro atoms. The third kappa shape index (κ3) is 2.39. The number of halogens is 2. The summed E-state index contributed by atoms with van der Waals surface area (Å²) in [6.45, 7) is 7.61. The number of ether oxygens (including phenoxy) is 1. The van der Waals surface area contributed by atoms with Crippen molar-refractivity contribution in [1.29, 1.82) is 0 Å². The van der Waals surface area contributed by atoms with E-state index in [9.17, 15) is 4.39 Å². The van der Waals surface area contributed by atoms with E-state index in [1.54, 1.807) is 6.20 Å². The maximum Gasteiger partial charge on any atom is 0.162 e. The first-order valence-corrected chi connectivity index (χ1v) is 9.62. The fourth-order valence-electron chi connectivity index (χ4n) is 4.34. The molecule has 0 amide bonds. The van der Waals surface area contributed by atoms with Gasteiger partial charge in [-0.2, -0.15) is 0 Å². The lowest BCUT2D eigenvalue weighted by atomic mass is 9.95. The molecule has 0 saturated heterocycles. The van der Waals surface area contributed by atoms with Gasteiger partial charge in [0.1, 0.15) is 23.1 Å². The Bertz CT molecular complexity index is 1340. The maximum atomic E-state index is 15.5. The summed E-state index contributed by atoms with van der Waals surface area (Å²) in [5, 5.41) is 12.6. The number of hydrogen-bond donors (Lipinski definition) is 2. The maximum absolute atomic E-state index is 15.5. The summed E-state index contributed by atoms with van der Waals surface area (Å²) in [5.74, 6) is 0.665. The standard InChI is InChI=1S/C22H21F2N5O/c1-10-9-25-18-13(10)6-12(23)7-14(18)17-15(24)8-16-19(20(17)30-5)29-11(2)27-28-21(29)22(3,4)26-16/h6-9,25-26H,1-5H3. The Hall–Kier alpha value is -3.42. The molecular formula is C22H21F2N5O. The predicted octanol–water partition coefficient (Wildman–Crippen LogP) is 4.98. The molecule has 3 heterocycles. The van der Waals surface area contributed by atoms with Gasteiger partial charge in [0.2, 0.25) is 0 Å². The van der Waals surface area contributed by atoms with Crippen LogP contribution in [0, 0.1) is 25.5 Å². The van der Waals surface area contributed by atoms with Crippen molar-refractivity contribution in [3.8, 4) is 22.6 Å². The van der Waals surface area contributed by atoms with E-state index in [1.807, 2.05) is 32.3 Å². The summed E-state index contributed by atoms with van der Waals surface area (Å²) in [6, 6.07) is 4.19. The molecule has 0 radical (unpaired) electrons. The van der Waals surface area contributed by atoms with Gasteiger partial charge in [0.25, 0.3) is 0 Å². The number of nitrogens with one attached hydrogen (secondary N) is 2. The van der Waals surface area contributed by atoms with Crippen molar-refractivity contribution in [2.24, 2.45) is 0 Å². The largest absolute Gasteiger partial charge is 0.494 e. The van der Waals surface area contributed by atoms with Crippen LogP contribution < -0.4 is 10.1 Å². The third-order valence-electron chi connectivity index (χ3n) is 5.70. The lowest BCUT2D eigenvalue weighted by Gasteiger charge is -2.35. The third-order valence-corrected chi connectivity index (χ3v) is 5.70. The lowest BCUT2D eigenvalue weighted by molar-refractivity contribution is 0.408. The molecule has 0 saturated carbocycles. The fraction of sp³-hybridized carbons (Fsp3) is 0.273. The van der Waals surface area contributed by atoms with Crippen LogP contribution in [0.4, 0.5) is 14.5 Å². The molecule has 0 fully saturated rings. The van der Waals surface area contributed by atoms with Gasteiger partial charge < -0.3 is 15.0 Å². The van der Waals surface area contributed by atoms with Crippen LogP contribution in [-0.2, 0) is 5.54 Å². The average Bonchev–Trinajstić information content (AvgIpc) is 3.24. The SMILES string of the molecule is COc1c(-c2cc(F)cc3c(C)c[nH]c23)c(F)cc2c1-n1c(C)nnc1C(C)(C)N2. The zero-order valence-corrected chi connectivity index (χ0v) is 17.3. The Balaban J connectivity index is 1.90. The van der Waals surface area contributed by atoms with Crippen molar-refractivity contribution in [2.45, 2.75) is 33.2 Å². The van der Waals surface area contributed by atoms with Crippen LogP contribution in [0.5, 0.6) is 5.75 Å². The zero-order valence-electron chi connectivity index (χ0n) is 17.3. The monoisotopic (exact) mass is 409 g/mol. The van der Waals surface area contributed by atoms with Gasteiger partial charge in [-0.3, -0.25) is 4.57 Å². The molecule has 8 heteroatoms. The number of methoxy groups -OCH3 is 1. The normalized spacial score (nSPS) is 14.4. The van der Waals surface area contributed by atoms with E-state index in [4.69, 9.17) is 4.74 Å². The second kappa shape index (κ2) is 6.04. The number of aromatic amines is 1. The van der Waals surface area contributed by atoms with E-state index in [0.717, 1.165) is 5.56 Å². The number of hydrogen-bond acceptors (Lipinski definition) is 4. The molecule has 2 N–H and O–H groups in total. The molecule has 5 rings (SSSR count). The predicted molar refractivity (Wildman–Crippen MR) is 111 cm³/mol. The molecule has 0 bridgehead atoms. The molecule has 2 aromatic heterocycles. The Morgan fingerprint density at radius 1 is 1.10 bits per heavy atom. The number of aromatic nitrogens is 4. The minimum absolute atomic E-state index is 0.183. The molecule has 1 aliphatic rings. The van der Waals surface area contributed by atoms with Gasteiger partial charge in [-0.25, -0.2) is 8.78 Å². The van der Waals surface area contributed by atoms with Crippen molar-refractivity contribution in [3.05, 3.63) is 53.2 Å². The summed E-state index contributed by atoms with van der Waals surface area (Å²) in [7, 11) is 1.48. The first kappa shape index (κ1) is 18.6. The smallest absolute Gasteiger partial charge is 0.162 e. The summed E-state index contributed by atoms with van der Waals surface area (Å²) < 4.78 is 37.6. The Labute approximate surface area is 171 Å². The quantitative estimate of drug-likeness (QED) is 0.490. The van der Waals surface area contributed by atoms with Crippen molar-refractivity contribution in [3.63, 3.8) is 0 Å². The number of fused-ring (bicyclic) bond motifs is 4. The molecule has 0 unspecified atom stereocenters. The van der Waals surface area contributed by atoms with Gasteiger partial charge in [-0.1, -0.05) is 0 Å². The van der Waals surface area contributed by atoms with E-state index < -0.39 is 17.2 Å². The molecule has 154 valence electrons. The van der Waals surface area contributed by atoms with E-state index in [2.05, 4.69) is 20.5 Å². The molecule has 0 aliphatic carbocycles. The lowest BCUT2D eigenvalue weighted by Crippen LogP contribution is -2.36. The Morgan fingerprint density at radius 3 is 2.60 bits per heavy atom. The number of H-pyrrole nitrogens is 1. The fourth-order valence-corrected chi connectivity index (χ4v) is 4.34. The topological polar surface area (TPSA) is 67.8 Å².